The largest absolute Gasteiger partial charge is 0.314 e. The number of nitrogens with one attached hydrogen (secondary N) is 1. The van der Waals surface area contributed by atoms with E-state index in [1.807, 2.05) is 20.8 Å². The van der Waals surface area contributed by atoms with Gasteiger partial charge < -0.3 is 5.32 Å². The second-order valence-electron chi connectivity index (χ2n) is 4.45. The summed E-state index contributed by atoms with van der Waals surface area (Å²) in [6.07, 6.45) is 0. The molecule has 1 aromatic rings. The van der Waals surface area contributed by atoms with Crippen LogP contribution in [-0.4, -0.2) is 38.4 Å². The highest BCUT2D eigenvalue weighted by Gasteiger charge is 2.32. The second kappa shape index (κ2) is 4.68. The van der Waals surface area contributed by atoms with Crippen LogP contribution in [0.1, 0.15) is 16.7 Å². The molecule has 1 aliphatic heterocycles. The summed E-state index contributed by atoms with van der Waals surface area (Å²) in [6.45, 7) is 7.76. The molecule has 1 fully saturated rings. The van der Waals surface area contributed by atoms with Gasteiger partial charge in [-0.05, 0) is 26.8 Å². The zero-order chi connectivity index (χ0) is 12.6. The molecule has 1 aromatic heterocycles. The van der Waals surface area contributed by atoms with Gasteiger partial charge in [0.25, 0.3) is 0 Å². The number of sulfonamides is 1. The number of hydrogen-bond acceptors (Lipinski definition) is 4. The maximum Gasteiger partial charge on any atom is 0.244 e. The summed E-state index contributed by atoms with van der Waals surface area (Å²) < 4.78 is 26.7. The molecule has 6 heteroatoms. The first-order valence-electron chi connectivity index (χ1n) is 5.72. The molecule has 1 saturated heterocycles. The van der Waals surface area contributed by atoms with Gasteiger partial charge in [0, 0.05) is 35.4 Å². The summed E-state index contributed by atoms with van der Waals surface area (Å²) >= 11 is 1.54. The molecule has 0 saturated carbocycles. The Bertz CT molecular complexity index is 508. The molecule has 1 atom stereocenters. The van der Waals surface area contributed by atoms with Crippen LogP contribution in [0.2, 0.25) is 0 Å². The number of nitrogens with zero attached hydrogens (tertiary/aromatic N) is 1. The van der Waals surface area contributed by atoms with Gasteiger partial charge >= 0.3 is 0 Å². The lowest BCUT2D eigenvalue weighted by Crippen LogP contribution is -2.52. The number of rotatable bonds is 2. The maximum atomic E-state index is 12.5. The van der Waals surface area contributed by atoms with Crippen molar-refractivity contribution < 1.29 is 8.42 Å². The fourth-order valence-corrected chi connectivity index (χ4v) is 5.33. The van der Waals surface area contributed by atoms with E-state index >= 15 is 0 Å². The van der Waals surface area contributed by atoms with Gasteiger partial charge in [-0.25, -0.2) is 8.42 Å². The van der Waals surface area contributed by atoms with E-state index in [-0.39, 0.29) is 6.04 Å². The van der Waals surface area contributed by atoms with Crippen molar-refractivity contribution in [2.75, 3.05) is 19.6 Å². The number of thiophene rings is 1. The van der Waals surface area contributed by atoms with E-state index in [0.717, 1.165) is 22.8 Å². The number of aryl methyl sites for hydroxylation is 2. The third-order valence-electron chi connectivity index (χ3n) is 3.02. The third-order valence-corrected chi connectivity index (χ3v) is 6.26. The Labute approximate surface area is 107 Å². The summed E-state index contributed by atoms with van der Waals surface area (Å²) in [7, 11) is -3.32. The SMILES string of the molecule is Cc1cc(S(=O)(=O)N2CCNCC2C)c(C)s1. The molecule has 2 rings (SSSR count). The monoisotopic (exact) mass is 274 g/mol. The van der Waals surface area contributed by atoms with Gasteiger partial charge in [0.1, 0.15) is 0 Å². The molecule has 1 aliphatic rings. The van der Waals surface area contributed by atoms with Gasteiger partial charge in [0.2, 0.25) is 10.0 Å². The molecule has 1 N–H and O–H groups in total. The average Bonchev–Trinajstić information content (AvgIpc) is 2.59. The van der Waals surface area contributed by atoms with Crippen molar-refractivity contribution in [2.24, 2.45) is 0 Å². The normalized spacial score (nSPS) is 22.9. The summed E-state index contributed by atoms with van der Waals surface area (Å²) in [4.78, 5) is 2.41. The summed E-state index contributed by atoms with van der Waals surface area (Å²) in [5.74, 6) is 0. The highest BCUT2D eigenvalue weighted by molar-refractivity contribution is 7.89. The fraction of sp³-hybridized carbons (Fsp3) is 0.636. The van der Waals surface area contributed by atoms with E-state index in [2.05, 4.69) is 5.32 Å². The van der Waals surface area contributed by atoms with Crippen molar-refractivity contribution in [1.82, 2.24) is 9.62 Å². The van der Waals surface area contributed by atoms with Crippen LogP contribution in [-0.2, 0) is 10.0 Å². The molecule has 96 valence electrons. The smallest absolute Gasteiger partial charge is 0.244 e. The Morgan fingerprint density at radius 1 is 1.47 bits per heavy atom. The third kappa shape index (κ3) is 2.40. The first-order chi connectivity index (χ1) is 7.93. The van der Waals surface area contributed by atoms with Crippen LogP contribution in [0.3, 0.4) is 0 Å². The van der Waals surface area contributed by atoms with Crippen LogP contribution in [0.15, 0.2) is 11.0 Å². The number of hydrogen-bond donors (Lipinski definition) is 1. The molecule has 17 heavy (non-hydrogen) atoms. The van der Waals surface area contributed by atoms with Gasteiger partial charge in [-0.1, -0.05) is 0 Å². The molecule has 0 radical (unpaired) electrons. The minimum Gasteiger partial charge on any atom is -0.314 e. The van der Waals surface area contributed by atoms with E-state index in [0.29, 0.717) is 11.4 Å². The zero-order valence-electron chi connectivity index (χ0n) is 10.4. The van der Waals surface area contributed by atoms with Gasteiger partial charge in [0.15, 0.2) is 0 Å². The first-order valence-corrected chi connectivity index (χ1v) is 7.98. The minimum absolute atomic E-state index is 0.0216. The minimum atomic E-state index is -3.32. The molecule has 0 amide bonds. The van der Waals surface area contributed by atoms with Crippen molar-refractivity contribution in [3.05, 3.63) is 15.8 Å². The van der Waals surface area contributed by atoms with Crippen molar-refractivity contribution >= 4 is 21.4 Å². The molecule has 0 bridgehead atoms. The van der Waals surface area contributed by atoms with Gasteiger partial charge in [-0.2, -0.15) is 4.31 Å². The van der Waals surface area contributed by atoms with Crippen LogP contribution in [0.5, 0.6) is 0 Å². The van der Waals surface area contributed by atoms with Crippen LogP contribution < -0.4 is 5.32 Å². The van der Waals surface area contributed by atoms with E-state index in [4.69, 9.17) is 0 Å². The highest BCUT2D eigenvalue weighted by atomic mass is 32.2. The van der Waals surface area contributed by atoms with Crippen molar-refractivity contribution in [2.45, 2.75) is 31.7 Å². The summed E-state index contributed by atoms with van der Waals surface area (Å²) in [5.41, 5.74) is 0. The molecule has 1 unspecified atom stereocenters. The average molecular weight is 274 g/mol. The van der Waals surface area contributed by atoms with Gasteiger partial charge in [-0.3, -0.25) is 0 Å². The van der Waals surface area contributed by atoms with E-state index in [1.54, 1.807) is 10.4 Å². The van der Waals surface area contributed by atoms with Crippen molar-refractivity contribution in [3.8, 4) is 0 Å². The van der Waals surface area contributed by atoms with E-state index < -0.39 is 10.0 Å². The lowest BCUT2D eigenvalue weighted by atomic mass is 10.3. The Balaban J connectivity index is 2.39. The summed E-state index contributed by atoms with van der Waals surface area (Å²) in [6, 6.07) is 1.80. The molecule has 0 aromatic carbocycles. The van der Waals surface area contributed by atoms with Gasteiger partial charge in [0.05, 0.1) is 4.90 Å². The molecular weight excluding hydrogens is 256 g/mol. The predicted molar refractivity (Wildman–Crippen MR) is 70.0 cm³/mol. The quantitative estimate of drug-likeness (QED) is 0.885. The van der Waals surface area contributed by atoms with Crippen molar-refractivity contribution in [1.29, 1.82) is 0 Å². The molecule has 2 heterocycles. The zero-order valence-corrected chi connectivity index (χ0v) is 12.0. The molecule has 0 aliphatic carbocycles. The van der Waals surface area contributed by atoms with Crippen molar-refractivity contribution in [3.63, 3.8) is 0 Å². The first kappa shape index (κ1) is 13.0. The van der Waals surface area contributed by atoms with Crippen LogP contribution >= 0.6 is 11.3 Å². The Morgan fingerprint density at radius 2 is 2.18 bits per heavy atom. The van der Waals surface area contributed by atoms with Crippen LogP contribution in [0, 0.1) is 13.8 Å². The second-order valence-corrected chi connectivity index (χ2v) is 7.77. The lowest BCUT2D eigenvalue weighted by molar-refractivity contribution is 0.284. The fourth-order valence-electron chi connectivity index (χ4n) is 2.17. The van der Waals surface area contributed by atoms with E-state index in [1.165, 1.54) is 11.3 Å². The topological polar surface area (TPSA) is 49.4 Å². The Kier molecular flexibility index (Phi) is 3.58. The molecule has 4 nitrogen and oxygen atoms in total. The Morgan fingerprint density at radius 3 is 2.71 bits per heavy atom. The van der Waals surface area contributed by atoms with Gasteiger partial charge in [-0.15, -0.1) is 11.3 Å². The maximum absolute atomic E-state index is 12.5. The van der Waals surface area contributed by atoms with Crippen LogP contribution in [0.25, 0.3) is 0 Å². The van der Waals surface area contributed by atoms with Crippen LogP contribution in [0.4, 0.5) is 0 Å². The predicted octanol–water partition coefficient (Wildman–Crippen LogP) is 1.35. The molecular formula is C11H18N2O2S2. The summed E-state index contributed by atoms with van der Waals surface area (Å²) in [5, 5.41) is 3.20. The number of piperazine rings is 1. The molecule has 0 spiro atoms. The van der Waals surface area contributed by atoms with E-state index in [9.17, 15) is 8.42 Å². The lowest BCUT2D eigenvalue weighted by Gasteiger charge is -2.32. The highest BCUT2D eigenvalue weighted by Crippen LogP contribution is 2.28. The Hall–Kier alpha value is -0.430. The standard InChI is InChI=1S/C11H18N2O2S2/c1-8-7-12-4-5-13(8)17(14,15)11-6-9(2)16-10(11)3/h6,8,12H,4-5,7H2,1-3H3.